The van der Waals surface area contributed by atoms with Crippen LogP contribution >= 0.6 is 24.8 Å². The molecule has 2 heterocycles. The van der Waals surface area contributed by atoms with Crippen LogP contribution in [0.3, 0.4) is 0 Å². The molecule has 0 atom stereocenters. The van der Waals surface area contributed by atoms with Gasteiger partial charge in [0, 0.05) is 51.4 Å². The highest BCUT2D eigenvalue weighted by Gasteiger charge is 2.54. The summed E-state index contributed by atoms with van der Waals surface area (Å²) in [5, 5.41) is 9.29. The average molecular weight is 596 g/mol. The minimum absolute atomic E-state index is 0. The lowest BCUT2D eigenvalue weighted by Crippen LogP contribution is -2.63. The van der Waals surface area contributed by atoms with Crippen LogP contribution in [0.1, 0.15) is 32.6 Å². The van der Waals surface area contributed by atoms with E-state index in [-0.39, 0.29) is 63.8 Å². The fourth-order valence-corrected chi connectivity index (χ4v) is 6.70. The zero-order valence-corrected chi connectivity index (χ0v) is 23.0. The summed E-state index contributed by atoms with van der Waals surface area (Å²) in [5.74, 6) is -0.422. The van der Waals surface area contributed by atoms with Gasteiger partial charge in [-0.2, -0.15) is 17.5 Å². The van der Waals surface area contributed by atoms with Crippen molar-refractivity contribution in [2.24, 2.45) is 0 Å². The van der Waals surface area contributed by atoms with Gasteiger partial charge in [-0.3, -0.25) is 10.0 Å². The number of amides is 1. The topological polar surface area (TPSA) is 102 Å². The van der Waals surface area contributed by atoms with E-state index in [9.17, 15) is 31.6 Å². The number of hydrogen-bond donors (Lipinski definition) is 2. The van der Waals surface area contributed by atoms with Gasteiger partial charge in [0.25, 0.3) is 5.91 Å². The summed E-state index contributed by atoms with van der Waals surface area (Å²) in [6, 6.07) is 6.91. The third-order valence-corrected chi connectivity index (χ3v) is 9.40. The number of carbonyl (C=O) groups excluding carboxylic acids is 1. The Labute approximate surface area is 228 Å². The number of sulfonamides is 1. The molecule has 2 N–H and O–H groups in total. The maximum Gasteiger partial charge on any atom is 0.389 e. The third kappa shape index (κ3) is 7.99. The number of hydroxylamine groups is 1. The van der Waals surface area contributed by atoms with Gasteiger partial charge in [0.15, 0.2) is 4.75 Å². The normalized spacial score (nSPS) is 18.9. The van der Waals surface area contributed by atoms with Gasteiger partial charge in [0.2, 0.25) is 10.0 Å². The van der Waals surface area contributed by atoms with Crippen LogP contribution in [0.15, 0.2) is 24.3 Å². The molecule has 9 nitrogen and oxygen atoms in total. The van der Waals surface area contributed by atoms with Crippen molar-refractivity contribution in [1.29, 1.82) is 0 Å². The Morgan fingerprint density at radius 1 is 1.05 bits per heavy atom. The molecular formula is C22H35Cl2F3N4O5S. The first-order valence-corrected chi connectivity index (χ1v) is 13.2. The molecular weight excluding hydrogens is 560 g/mol. The average Bonchev–Trinajstić information content (AvgIpc) is 2.86. The quantitative estimate of drug-likeness (QED) is 0.257. The van der Waals surface area contributed by atoms with Gasteiger partial charge in [-0.25, -0.2) is 13.9 Å². The number of benzene rings is 1. The SMILES string of the molecule is CCN1CCC(C(=O)NO)(S(=O)(=O)N2CCN(c3ccc(OCCCC(F)(F)F)cc3)CC2)CC1.Cl.Cl. The molecule has 2 fully saturated rings. The molecule has 3 rings (SSSR count). The van der Waals surface area contributed by atoms with E-state index in [1.54, 1.807) is 29.7 Å². The molecule has 0 bridgehead atoms. The maximum absolute atomic E-state index is 13.6. The predicted molar refractivity (Wildman–Crippen MR) is 138 cm³/mol. The molecule has 0 aliphatic carbocycles. The van der Waals surface area contributed by atoms with Crippen molar-refractivity contribution in [3.8, 4) is 5.75 Å². The van der Waals surface area contributed by atoms with Gasteiger partial charge in [0.1, 0.15) is 5.75 Å². The maximum atomic E-state index is 13.6. The summed E-state index contributed by atoms with van der Waals surface area (Å²) in [6.07, 6.45) is -4.98. The lowest BCUT2D eigenvalue weighted by atomic mass is 9.95. The molecule has 0 spiro atoms. The Hall–Kier alpha value is -1.51. The molecule has 1 aromatic rings. The minimum Gasteiger partial charge on any atom is -0.494 e. The number of piperidine rings is 1. The van der Waals surface area contributed by atoms with Crippen LogP contribution in [-0.4, -0.2) is 92.1 Å². The third-order valence-electron chi connectivity index (χ3n) is 6.77. The number of piperazine rings is 1. The first-order valence-electron chi connectivity index (χ1n) is 11.7. The standard InChI is InChI=1S/C22H33F3N4O5S.2ClH/c1-2-27-11-9-21(10-12-27,20(30)26-31)35(32,33)29-15-13-28(14-16-29)18-4-6-19(7-5-18)34-17-3-8-22(23,24)25;;/h4-7,31H,2-3,8-17H2,1H3,(H,26,30);2*1H. The van der Waals surface area contributed by atoms with E-state index < -0.39 is 33.3 Å². The number of rotatable bonds is 9. The molecule has 1 amide bonds. The Balaban J connectivity index is 0.00000342. The van der Waals surface area contributed by atoms with Crippen LogP contribution in [-0.2, 0) is 14.8 Å². The summed E-state index contributed by atoms with van der Waals surface area (Å²) in [5.41, 5.74) is 2.41. The molecule has 214 valence electrons. The van der Waals surface area contributed by atoms with Crippen LogP contribution in [0.2, 0.25) is 0 Å². The lowest BCUT2D eigenvalue weighted by Gasteiger charge is -2.44. The van der Waals surface area contributed by atoms with Crippen molar-refractivity contribution in [3.63, 3.8) is 0 Å². The van der Waals surface area contributed by atoms with Crippen LogP contribution in [0.4, 0.5) is 18.9 Å². The lowest BCUT2D eigenvalue weighted by molar-refractivity contribution is -0.136. The first kappa shape index (κ1) is 33.5. The van der Waals surface area contributed by atoms with Crippen molar-refractivity contribution in [1.82, 2.24) is 14.7 Å². The summed E-state index contributed by atoms with van der Waals surface area (Å²) in [4.78, 5) is 16.6. The van der Waals surface area contributed by atoms with Crippen molar-refractivity contribution in [3.05, 3.63) is 24.3 Å². The molecule has 0 aromatic heterocycles. The molecule has 2 aliphatic rings. The fraction of sp³-hybridized carbons (Fsp3) is 0.682. The first-order chi connectivity index (χ1) is 16.5. The van der Waals surface area contributed by atoms with Crippen molar-refractivity contribution < 1.29 is 36.3 Å². The number of ether oxygens (including phenoxy) is 1. The number of carbonyl (C=O) groups is 1. The number of likely N-dealkylation sites (tertiary alicyclic amines) is 1. The second-order valence-corrected chi connectivity index (χ2v) is 11.1. The molecule has 2 aliphatic heterocycles. The van der Waals surface area contributed by atoms with Crippen LogP contribution in [0, 0.1) is 0 Å². The number of nitrogens with zero attached hydrogens (tertiary/aromatic N) is 3. The smallest absolute Gasteiger partial charge is 0.389 e. The number of halogens is 5. The van der Waals surface area contributed by atoms with Crippen molar-refractivity contribution in [2.45, 2.75) is 43.5 Å². The van der Waals surface area contributed by atoms with Gasteiger partial charge < -0.3 is 14.5 Å². The highest BCUT2D eigenvalue weighted by molar-refractivity contribution is 7.91. The Bertz CT molecular complexity index is 954. The van der Waals surface area contributed by atoms with Gasteiger partial charge >= 0.3 is 6.18 Å². The second kappa shape index (κ2) is 14.0. The predicted octanol–water partition coefficient (Wildman–Crippen LogP) is 3.06. The van der Waals surface area contributed by atoms with Crippen LogP contribution in [0.5, 0.6) is 5.75 Å². The highest BCUT2D eigenvalue weighted by atomic mass is 35.5. The monoisotopic (exact) mass is 594 g/mol. The number of anilines is 1. The zero-order valence-electron chi connectivity index (χ0n) is 20.6. The van der Waals surface area contributed by atoms with Gasteiger partial charge in [-0.05, 0) is 50.1 Å². The molecule has 15 heteroatoms. The summed E-state index contributed by atoms with van der Waals surface area (Å²) in [7, 11) is -4.02. The van der Waals surface area contributed by atoms with Crippen LogP contribution < -0.4 is 15.1 Å². The van der Waals surface area contributed by atoms with Crippen molar-refractivity contribution >= 4 is 46.4 Å². The van der Waals surface area contributed by atoms with Gasteiger partial charge in [0.05, 0.1) is 6.61 Å². The molecule has 37 heavy (non-hydrogen) atoms. The summed E-state index contributed by atoms with van der Waals surface area (Å²) in [6.45, 7) is 4.79. The number of nitrogens with one attached hydrogen (secondary N) is 1. The molecule has 2 saturated heterocycles. The van der Waals surface area contributed by atoms with Gasteiger partial charge in [-0.1, -0.05) is 6.92 Å². The van der Waals surface area contributed by atoms with E-state index in [0.29, 0.717) is 31.9 Å². The van der Waals surface area contributed by atoms with E-state index in [1.165, 1.54) is 4.31 Å². The Kier molecular flexibility index (Phi) is 12.7. The van der Waals surface area contributed by atoms with E-state index in [1.807, 2.05) is 11.8 Å². The molecule has 0 saturated carbocycles. The number of alkyl halides is 3. The molecule has 0 radical (unpaired) electrons. The minimum atomic E-state index is -4.20. The van der Waals surface area contributed by atoms with E-state index in [4.69, 9.17) is 4.74 Å². The Morgan fingerprint density at radius 2 is 1.62 bits per heavy atom. The highest BCUT2D eigenvalue weighted by Crippen LogP contribution is 2.34. The van der Waals surface area contributed by atoms with E-state index in [0.717, 1.165) is 12.2 Å². The van der Waals surface area contributed by atoms with E-state index >= 15 is 0 Å². The van der Waals surface area contributed by atoms with Crippen molar-refractivity contribution in [2.75, 3.05) is 57.3 Å². The largest absolute Gasteiger partial charge is 0.494 e. The second-order valence-electron chi connectivity index (χ2n) is 8.82. The zero-order chi connectivity index (χ0) is 25.7. The number of hydrogen-bond acceptors (Lipinski definition) is 7. The molecule has 0 unspecified atom stereocenters. The van der Waals surface area contributed by atoms with E-state index in [2.05, 4.69) is 4.90 Å². The fourth-order valence-electron chi connectivity index (χ4n) is 4.58. The Morgan fingerprint density at radius 3 is 2.11 bits per heavy atom. The molecule has 1 aromatic carbocycles. The van der Waals surface area contributed by atoms with Crippen LogP contribution in [0.25, 0.3) is 0 Å². The summed E-state index contributed by atoms with van der Waals surface area (Å²) < 4.78 is 68.8. The summed E-state index contributed by atoms with van der Waals surface area (Å²) >= 11 is 0. The van der Waals surface area contributed by atoms with Gasteiger partial charge in [-0.15, -0.1) is 24.8 Å².